The number of hydrogen-bond acceptors (Lipinski definition) is 5. The van der Waals surface area contributed by atoms with Crippen molar-refractivity contribution in [2.24, 2.45) is 17.8 Å². The number of rotatable bonds is 5. The van der Waals surface area contributed by atoms with Crippen LogP contribution in [0.25, 0.3) is 0 Å². The summed E-state index contributed by atoms with van der Waals surface area (Å²) in [5.74, 6) is -2.45. The van der Waals surface area contributed by atoms with Gasteiger partial charge in [0.15, 0.2) is 0 Å². The highest BCUT2D eigenvalue weighted by Crippen LogP contribution is 2.54. The molecule has 4 aliphatic heterocycles. The molecule has 0 radical (unpaired) electrons. The van der Waals surface area contributed by atoms with Crippen molar-refractivity contribution in [3.05, 3.63) is 54.6 Å². The van der Waals surface area contributed by atoms with Crippen LogP contribution in [0.1, 0.15) is 27.7 Å². The minimum atomic E-state index is -1.28. The van der Waals surface area contributed by atoms with Gasteiger partial charge in [0, 0.05) is 24.8 Å². The smallest absolute Gasteiger partial charge is 0.249 e. The van der Waals surface area contributed by atoms with E-state index in [9.17, 15) is 19.5 Å². The largest absolute Gasteiger partial charge is 0.394 e. The molecule has 0 aliphatic carbocycles. The molecular weight excluding hydrogens is 458 g/mol. The summed E-state index contributed by atoms with van der Waals surface area (Å²) in [7, 11) is 0. The van der Waals surface area contributed by atoms with Crippen LogP contribution in [0.5, 0.6) is 0 Å². The Morgan fingerprint density at radius 2 is 1.72 bits per heavy atom. The lowest BCUT2D eigenvalue weighted by Gasteiger charge is -2.40. The van der Waals surface area contributed by atoms with E-state index in [-0.39, 0.29) is 36.3 Å². The van der Waals surface area contributed by atoms with Crippen molar-refractivity contribution in [3.8, 4) is 0 Å². The number of fused-ring (bicyclic) bond motifs is 2. The number of aliphatic hydroxyl groups is 1. The lowest BCUT2D eigenvalue weighted by Crippen LogP contribution is -2.59. The molecule has 192 valence electrons. The first-order valence-corrected chi connectivity index (χ1v) is 12.8. The molecule has 0 aromatic heterocycles. The summed E-state index contributed by atoms with van der Waals surface area (Å²) in [6.07, 6.45) is 6.87. The summed E-state index contributed by atoms with van der Waals surface area (Å²) < 4.78 is 6.66. The number of ether oxygens (including phenoxy) is 1. The van der Waals surface area contributed by atoms with E-state index in [1.165, 1.54) is 4.90 Å². The average Bonchev–Trinajstić information content (AvgIpc) is 3.15. The first kappa shape index (κ1) is 24.7. The molecule has 1 N–H and O–H groups in total. The third kappa shape index (κ3) is 3.53. The third-order valence-electron chi connectivity index (χ3n) is 8.13. The normalized spacial score (nSPS) is 32.6. The highest BCUT2D eigenvalue weighted by Gasteiger charge is 2.72. The highest BCUT2D eigenvalue weighted by molar-refractivity contribution is 6.04. The molecule has 5 rings (SSSR count). The number of anilines is 1. The summed E-state index contributed by atoms with van der Waals surface area (Å²) in [5, 5.41) is 10.3. The number of likely N-dealkylation sites (tertiary alicyclic amines) is 1. The van der Waals surface area contributed by atoms with Gasteiger partial charge in [0.2, 0.25) is 17.7 Å². The van der Waals surface area contributed by atoms with Crippen LogP contribution >= 0.6 is 0 Å². The minimum Gasteiger partial charge on any atom is -0.394 e. The van der Waals surface area contributed by atoms with Gasteiger partial charge in [-0.05, 0) is 31.9 Å². The molecule has 1 aromatic rings. The van der Waals surface area contributed by atoms with Crippen molar-refractivity contribution in [1.29, 1.82) is 0 Å². The van der Waals surface area contributed by atoms with Gasteiger partial charge in [-0.2, -0.15) is 0 Å². The van der Waals surface area contributed by atoms with E-state index in [0.29, 0.717) is 13.1 Å². The number of carbonyl (C=O) groups excluding carboxylic acids is 3. The molecule has 1 unspecified atom stereocenters. The summed E-state index contributed by atoms with van der Waals surface area (Å²) in [5.41, 5.74) is -0.531. The van der Waals surface area contributed by atoms with Crippen LogP contribution in [-0.4, -0.2) is 82.2 Å². The molecule has 8 heteroatoms. The van der Waals surface area contributed by atoms with Crippen LogP contribution in [0.15, 0.2) is 54.6 Å². The Hall–Kier alpha value is -2.97. The Balaban J connectivity index is 1.65. The van der Waals surface area contributed by atoms with E-state index in [1.807, 2.05) is 82.3 Å². The van der Waals surface area contributed by atoms with Crippen LogP contribution in [0.3, 0.4) is 0 Å². The van der Waals surface area contributed by atoms with Gasteiger partial charge in [0.05, 0.1) is 30.6 Å². The molecule has 0 saturated carbocycles. The molecule has 2 fully saturated rings. The van der Waals surface area contributed by atoms with Crippen molar-refractivity contribution < 1.29 is 24.2 Å². The van der Waals surface area contributed by atoms with Gasteiger partial charge in [-0.15, -0.1) is 0 Å². The number of carbonyl (C=O) groups is 3. The third-order valence-corrected chi connectivity index (χ3v) is 8.13. The van der Waals surface area contributed by atoms with Crippen LogP contribution < -0.4 is 4.90 Å². The fourth-order valence-corrected chi connectivity index (χ4v) is 6.38. The van der Waals surface area contributed by atoms with Gasteiger partial charge < -0.3 is 24.5 Å². The molecule has 3 amide bonds. The summed E-state index contributed by atoms with van der Waals surface area (Å²) in [6.45, 7) is 8.23. The van der Waals surface area contributed by atoms with Gasteiger partial charge in [0.1, 0.15) is 11.6 Å². The minimum absolute atomic E-state index is 0.0816. The molecular formula is C28H35N3O5. The molecule has 0 bridgehead atoms. The van der Waals surface area contributed by atoms with E-state index >= 15 is 0 Å². The summed E-state index contributed by atoms with van der Waals surface area (Å²) in [6, 6.07) is 7.79. The maximum absolute atomic E-state index is 14.3. The predicted molar refractivity (Wildman–Crippen MR) is 135 cm³/mol. The number of amides is 3. The van der Waals surface area contributed by atoms with Gasteiger partial charge in [0.25, 0.3) is 0 Å². The fraction of sp³-hybridized carbons (Fsp3) is 0.536. The monoisotopic (exact) mass is 493 g/mol. The SMILES string of the molecule is CC(C)[C@H](CO)N1C(=O)[C@@H]2[C@H]3C(=O)N(c4ccccc4)CC=C[C@H]3O[C@@]23C=CCN(C(C)C)C(=O)C13. The average molecular weight is 494 g/mol. The van der Waals surface area contributed by atoms with E-state index in [1.54, 1.807) is 9.80 Å². The molecule has 4 aliphatic rings. The lowest BCUT2D eigenvalue weighted by molar-refractivity contribution is -0.152. The zero-order valence-corrected chi connectivity index (χ0v) is 21.3. The van der Waals surface area contributed by atoms with E-state index in [4.69, 9.17) is 4.74 Å². The van der Waals surface area contributed by atoms with Crippen molar-refractivity contribution >= 4 is 23.4 Å². The van der Waals surface area contributed by atoms with E-state index in [0.717, 1.165) is 5.69 Å². The molecule has 6 atom stereocenters. The van der Waals surface area contributed by atoms with Gasteiger partial charge in [-0.25, -0.2) is 0 Å². The predicted octanol–water partition coefficient (Wildman–Crippen LogP) is 1.99. The zero-order valence-electron chi connectivity index (χ0n) is 21.3. The van der Waals surface area contributed by atoms with Crippen molar-refractivity contribution in [2.75, 3.05) is 24.6 Å². The van der Waals surface area contributed by atoms with Crippen LogP contribution in [0.4, 0.5) is 5.69 Å². The van der Waals surface area contributed by atoms with E-state index < -0.39 is 35.6 Å². The van der Waals surface area contributed by atoms with Crippen molar-refractivity contribution in [3.63, 3.8) is 0 Å². The Bertz CT molecular complexity index is 1100. The second-order valence-corrected chi connectivity index (χ2v) is 10.8. The van der Waals surface area contributed by atoms with Crippen molar-refractivity contribution in [1.82, 2.24) is 9.80 Å². The van der Waals surface area contributed by atoms with E-state index in [2.05, 4.69) is 0 Å². The maximum atomic E-state index is 14.3. The number of nitrogens with zero attached hydrogens (tertiary/aromatic N) is 3. The number of para-hydroxylation sites is 1. The fourth-order valence-electron chi connectivity index (χ4n) is 6.38. The Morgan fingerprint density at radius 1 is 1.00 bits per heavy atom. The lowest BCUT2D eigenvalue weighted by atomic mass is 9.77. The van der Waals surface area contributed by atoms with Crippen LogP contribution in [-0.2, 0) is 19.1 Å². The molecule has 1 aromatic carbocycles. The molecule has 36 heavy (non-hydrogen) atoms. The second-order valence-electron chi connectivity index (χ2n) is 10.8. The molecule has 8 nitrogen and oxygen atoms in total. The van der Waals surface area contributed by atoms with Gasteiger partial charge >= 0.3 is 0 Å². The first-order chi connectivity index (χ1) is 17.2. The zero-order chi connectivity index (χ0) is 25.8. The molecule has 2 saturated heterocycles. The van der Waals surface area contributed by atoms with Gasteiger partial charge in [-0.1, -0.05) is 56.4 Å². The van der Waals surface area contributed by atoms with Crippen LogP contribution in [0.2, 0.25) is 0 Å². The number of hydrogen-bond donors (Lipinski definition) is 1. The Kier molecular flexibility index (Phi) is 6.29. The molecule has 1 spiro atoms. The second kappa shape index (κ2) is 9.16. The Labute approximate surface area is 212 Å². The maximum Gasteiger partial charge on any atom is 0.249 e. The standard InChI is InChI=1S/C28H35N3O5/c1-17(2)20(16-32)31-24-27(35)29(18(3)4)15-9-13-28(24)23(26(31)34)22-21(36-28)12-8-14-30(25(22)33)19-10-6-5-7-11-19/h5-13,17-18,20-24,32H,14-16H2,1-4H3/t20-,21+,22-,23-,24?,28-/m0/s1. The Morgan fingerprint density at radius 3 is 2.36 bits per heavy atom. The number of benzene rings is 1. The van der Waals surface area contributed by atoms with Crippen LogP contribution in [0, 0.1) is 17.8 Å². The van der Waals surface area contributed by atoms with Crippen molar-refractivity contribution in [2.45, 2.75) is 57.5 Å². The first-order valence-electron chi connectivity index (χ1n) is 12.8. The summed E-state index contributed by atoms with van der Waals surface area (Å²) >= 11 is 0. The summed E-state index contributed by atoms with van der Waals surface area (Å²) in [4.78, 5) is 47.4. The number of aliphatic hydroxyl groups excluding tert-OH is 1. The van der Waals surface area contributed by atoms with Gasteiger partial charge in [-0.3, -0.25) is 14.4 Å². The highest BCUT2D eigenvalue weighted by atomic mass is 16.5. The quantitative estimate of drug-likeness (QED) is 0.634. The molecule has 4 heterocycles. The topological polar surface area (TPSA) is 90.4 Å².